The molecule has 1 amide bonds. The van der Waals surface area contributed by atoms with Gasteiger partial charge in [0.25, 0.3) is 5.91 Å². The summed E-state index contributed by atoms with van der Waals surface area (Å²) in [5.41, 5.74) is 0.584. The number of carbonyl (C=O) groups excluding carboxylic acids is 1. The molecule has 0 aliphatic carbocycles. The maximum absolute atomic E-state index is 12.5. The third-order valence-electron chi connectivity index (χ3n) is 4.58. The normalized spacial score (nSPS) is 17.5. The molecule has 0 saturated carbocycles. The molecule has 1 fully saturated rings. The summed E-state index contributed by atoms with van der Waals surface area (Å²) in [4.78, 5) is 14.4. The molecule has 1 heterocycles. The van der Waals surface area contributed by atoms with Crippen LogP contribution in [0.4, 0.5) is 0 Å². The number of hydrogen-bond acceptors (Lipinski definition) is 3. The summed E-state index contributed by atoms with van der Waals surface area (Å²) in [6.45, 7) is 6.03. The van der Waals surface area contributed by atoms with Crippen molar-refractivity contribution in [2.75, 3.05) is 19.7 Å². The zero-order valence-corrected chi connectivity index (χ0v) is 14.7. The Hall–Kier alpha value is -1.10. The van der Waals surface area contributed by atoms with Gasteiger partial charge in [0, 0.05) is 31.8 Å². The molecule has 1 atom stereocenters. The van der Waals surface area contributed by atoms with Crippen molar-refractivity contribution in [3.8, 4) is 0 Å². The molecule has 1 aliphatic heterocycles. The Labute approximate surface area is 143 Å². The van der Waals surface area contributed by atoms with Gasteiger partial charge in [-0.1, -0.05) is 37.6 Å². The number of aliphatic hydroxyl groups is 1. The minimum absolute atomic E-state index is 0.0183. The van der Waals surface area contributed by atoms with Crippen LogP contribution in [0.1, 0.15) is 43.5 Å². The van der Waals surface area contributed by atoms with Gasteiger partial charge in [-0.2, -0.15) is 0 Å². The van der Waals surface area contributed by atoms with E-state index in [0.29, 0.717) is 28.6 Å². The van der Waals surface area contributed by atoms with Crippen LogP contribution in [-0.4, -0.2) is 47.7 Å². The number of amides is 1. The van der Waals surface area contributed by atoms with Gasteiger partial charge in [0.1, 0.15) is 0 Å². The van der Waals surface area contributed by atoms with Gasteiger partial charge in [-0.15, -0.1) is 0 Å². The number of hydrogen-bond donors (Lipinski definition) is 2. The number of benzene rings is 1. The number of rotatable bonds is 6. The first-order valence-electron chi connectivity index (χ1n) is 8.43. The van der Waals surface area contributed by atoms with E-state index in [1.54, 1.807) is 12.1 Å². The molecule has 2 N–H and O–H groups in total. The second-order valence-corrected chi connectivity index (χ2v) is 6.98. The van der Waals surface area contributed by atoms with Gasteiger partial charge in [-0.3, -0.25) is 4.79 Å². The summed E-state index contributed by atoms with van der Waals surface area (Å²) in [6.07, 6.45) is 2.64. The average Bonchev–Trinajstić information content (AvgIpc) is 2.55. The van der Waals surface area contributed by atoms with Crippen molar-refractivity contribution < 1.29 is 9.90 Å². The Morgan fingerprint density at radius 2 is 2.00 bits per heavy atom. The summed E-state index contributed by atoms with van der Waals surface area (Å²) in [7, 11) is 0. The van der Waals surface area contributed by atoms with E-state index >= 15 is 0 Å². The highest BCUT2D eigenvalue weighted by molar-refractivity contribution is 6.33. The molecule has 1 aliphatic rings. The van der Waals surface area contributed by atoms with Crippen LogP contribution >= 0.6 is 11.6 Å². The summed E-state index contributed by atoms with van der Waals surface area (Å²) in [5, 5.41) is 13.3. The standard InChI is InChI=1S/C18H27ClN2O2/c1-13(2)17(9-12-22)20-14-7-10-21(11-8-14)18(23)15-5-3-4-6-16(15)19/h3-6,13-14,17,20,22H,7-12H2,1-2H3. The molecule has 0 spiro atoms. The van der Waals surface area contributed by atoms with Gasteiger partial charge in [0.2, 0.25) is 0 Å². The lowest BCUT2D eigenvalue weighted by Gasteiger charge is -2.35. The Bertz CT molecular complexity index is 513. The largest absolute Gasteiger partial charge is 0.396 e. The van der Waals surface area contributed by atoms with Crippen LogP contribution in [0.3, 0.4) is 0 Å². The van der Waals surface area contributed by atoms with Gasteiger partial charge >= 0.3 is 0 Å². The highest BCUT2D eigenvalue weighted by atomic mass is 35.5. The topological polar surface area (TPSA) is 52.6 Å². The number of piperidine rings is 1. The van der Waals surface area contributed by atoms with E-state index in [1.165, 1.54) is 0 Å². The van der Waals surface area contributed by atoms with Gasteiger partial charge in [0.05, 0.1) is 10.6 Å². The van der Waals surface area contributed by atoms with Crippen LogP contribution < -0.4 is 5.32 Å². The molecule has 2 rings (SSSR count). The predicted molar refractivity (Wildman–Crippen MR) is 93.8 cm³/mol. The number of halogens is 1. The van der Waals surface area contributed by atoms with Gasteiger partial charge in [-0.05, 0) is 37.3 Å². The van der Waals surface area contributed by atoms with Crippen molar-refractivity contribution in [2.45, 2.75) is 45.2 Å². The van der Waals surface area contributed by atoms with E-state index in [-0.39, 0.29) is 12.5 Å². The van der Waals surface area contributed by atoms with Crippen LogP contribution in [0.2, 0.25) is 5.02 Å². The second-order valence-electron chi connectivity index (χ2n) is 6.58. The van der Waals surface area contributed by atoms with Crippen LogP contribution in [0.15, 0.2) is 24.3 Å². The zero-order chi connectivity index (χ0) is 16.8. The number of nitrogens with one attached hydrogen (secondary N) is 1. The Morgan fingerprint density at radius 1 is 1.35 bits per heavy atom. The summed E-state index contributed by atoms with van der Waals surface area (Å²) in [5.74, 6) is 0.509. The zero-order valence-electron chi connectivity index (χ0n) is 14.0. The van der Waals surface area contributed by atoms with E-state index in [0.717, 1.165) is 32.4 Å². The van der Waals surface area contributed by atoms with E-state index in [2.05, 4.69) is 19.2 Å². The molecule has 1 unspecified atom stereocenters. The predicted octanol–water partition coefficient (Wildman–Crippen LogP) is 2.94. The van der Waals surface area contributed by atoms with E-state index in [9.17, 15) is 9.90 Å². The van der Waals surface area contributed by atoms with E-state index in [4.69, 9.17) is 11.6 Å². The van der Waals surface area contributed by atoms with Crippen LogP contribution in [-0.2, 0) is 0 Å². The van der Waals surface area contributed by atoms with E-state index < -0.39 is 0 Å². The number of likely N-dealkylation sites (tertiary alicyclic amines) is 1. The first kappa shape index (κ1) is 18.2. The molecule has 4 nitrogen and oxygen atoms in total. The molecular formula is C18H27ClN2O2. The molecule has 1 saturated heterocycles. The lowest BCUT2D eigenvalue weighted by Crippen LogP contribution is -2.49. The van der Waals surface area contributed by atoms with Crippen molar-refractivity contribution >= 4 is 17.5 Å². The number of carbonyl (C=O) groups is 1. The minimum atomic E-state index is 0.0183. The molecule has 1 aromatic rings. The lowest BCUT2D eigenvalue weighted by atomic mass is 9.97. The highest BCUT2D eigenvalue weighted by Crippen LogP contribution is 2.20. The molecule has 23 heavy (non-hydrogen) atoms. The highest BCUT2D eigenvalue weighted by Gasteiger charge is 2.26. The SMILES string of the molecule is CC(C)C(CCO)NC1CCN(C(=O)c2ccccc2Cl)CC1. The molecular weight excluding hydrogens is 312 g/mol. The second kappa shape index (κ2) is 8.67. The van der Waals surface area contributed by atoms with Crippen molar-refractivity contribution in [1.82, 2.24) is 10.2 Å². The molecule has 5 heteroatoms. The smallest absolute Gasteiger partial charge is 0.255 e. The lowest BCUT2D eigenvalue weighted by molar-refractivity contribution is 0.0697. The first-order valence-corrected chi connectivity index (χ1v) is 8.81. The first-order chi connectivity index (χ1) is 11.0. The molecule has 0 bridgehead atoms. The monoisotopic (exact) mass is 338 g/mol. The minimum Gasteiger partial charge on any atom is -0.396 e. The molecule has 128 valence electrons. The Balaban J connectivity index is 1.88. The molecule has 0 aromatic heterocycles. The van der Waals surface area contributed by atoms with Crippen LogP contribution in [0.5, 0.6) is 0 Å². The third kappa shape index (κ3) is 4.93. The quantitative estimate of drug-likeness (QED) is 0.838. The Morgan fingerprint density at radius 3 is 2.57 bits per heavy atom. The van der Waals surface area contributed by atoms with Gasteiger partial charge in [-0.25, -0.2) is 0 Å². The maximum atomic E-state index is 12.5. The maximum Gasteiger partial charge on any atom is 0.255 e. The van der Waals surface area contributed by atoms with Crippen LogP contribution in [0.25, 0.3) is 0 Å². The Kier molecular flexibility index (Phi) is 6.88. The van der Waals surface area contributed by atoms with Gasteiger partial charge in [0.15, 0.2) is 0 Å². The summed E-state index contributed by atoms with van der Waals surface area (Å²) in [6, 6.07) is 7.95. The van der Waals surface area contributed by atoms with Gasteiger partial charge < -0.3 is 15.3 Å². The fraction of sp³-hybridized carbons (Fsp3) is 0.611. The van der Waals surface area contributed by atoms with Crippen molar-refractivity contribution in [1.29, 1.82) is 0 Å². The fourth-order valence-electron chi connectivity index (χ4n) is 3.11. The molecule has 0 radical (unpaired) electrons. The molecule has 1 aromatic carbocycles. The summed E-state index contributed by atoms with van der Waals surface area (Å²) < 4.78 is 0. The van der Waals surface area contributed by atoms with Crippen LogP contribution in [0, 0.1) is 5.92 Å². The van der Waals surface area contributed by atoms with E-state index in [1.807, 2.05) is 17.0 Å². The number of nitrogens with zero attached hydrogens (tertiary/aromatic N) is 1. The van der Waals surface area contributed by atoms with Crippen molar-refractivity contribution in [3.05, 3.63) is 34.9 Å². The fourth-order valence-corrected chi connectivity index (χ4v) is 3.32. The average molecular weight is 339 g/mol. The third-order valence-corrected chi connectivity index (χ3v) is 4.91. The van der Waals surface area contributed by atoms with Crippen molar-refractivity contribution in [2.24, 2.45) is 5.92 Å². The summed E-state index contributed by atoms with van der Waals surface area (Å²) >= 11 is 6.12. The van der Waals surface area contributed by atoms with Crippen molar-refractivity contribution in [3.63, 3.8) is 0 Å². The number of aliphatic hydroxyl groups excluding tert-OH is 1.